The van der Waals surface area contributed by atoms with Crippen molar-refractivity contribution in [3.8, 4) is 11.3 Å². The first-order valence-electron chi connectivity index (χ1n) is 10.7. The predicted octanol–water partition coefficient (Wildman–Crippen LogP) is 8.69. The number of allylic oxidation sites excluding steroid dienone is 5. The van der Waals surface area contributed by atoms with Gasteiger partial charge in [0.1, 0.15) is 0 Å². The zero-order valence-electron chi connectivity index (χ0n) is 19.8. The molecule has 1 aromatic heterocycles. The first-order chi connectivity index (χ1) is 13.7. The van der Waals surface area contributed by atoms with Gasteiger partial charge in [0.15, 0.2) is 0 Å². The summed E-state index contributed by atoms with van der Waals surface area (Å²) in [6.45, 7) is 19.1. The molecule has 0 amide bonds. The van der Waals surface area contributed by atoms with Gasteiger partial charge >= 0.3 is 185 Å². The number of hydrogen-bond donors (Lipinski definition) is 0. The molecule has 2 unspecified atom stereocenters. The second kappa shape index (κ2) is 10.1. The van der Waals surface area contributed by atoms with Gasteiger partial charge in [0, 0.05) is 0 Å². The van der Waals surface area contributed by atoms with Gasteiger partial charge in [-0.15, -0.1) is 24.8 Å². The Hall–Kier alpha value is -0.600. The van der Waals surface area contributed by atoms with Gasteiger partial charge in [-0.2, -0.15) is 0 Å². The molecule has 0 fully saturated rings. The number of aryl methyl sites for hydroxylation is 1. The van der Waals surface area contributed by atoms with Gasteiger partial charge in [0.2, 0.25) is 0 Å². The molecule has 0 saturated heterocycles. The molecular formula is C26H34Cl2OSiZr. The minimum atomic E-state index is -1.91. The van der Waals surface area contributed by atoms with Gasteiger partial charge in [-0.3, -0.25) is 0 Å². The molecule has 2 aliphatic carbocycles. The number of rotatable bonds is 3. The maximum absolute atomic E-state index is 6.01. The summed E-state index contributed by atoms with van der Waals surface area (Å²) in [5, 5.41) is 0. The first-order valence-corrected chi connectivity index (χ1v) is 19.5. The molecule has 0 radical (unpaired) electrons. The SMILES string of the molecule is CC1=Cc2c(-c3ccc(C)o3)cccc2[CH]1[Zr]([C]1=C(C)C(C)=C(C)C1C)=[Si](C)C.Cl.Cl. The van der Waals surface area contributed by atoms with E-state index in [2.05, 4.69) is 84.1 Å². The average Bonchev–Trinajstić information content (AvgIpc) is 3.30. The van der Waals surface area contributed by atoms with Crippen LogP contribution < -0.4 is 0 Å². The third-order valence-corrected chi connectivity index (χ3v) is 26.1. The van der Waals surface area contributed by atoms with Crippen molar-refractivity contribution in [2.75, 3.05) is 0 Å². The molecule has 31 heavy (non-hydrogen) atoms. The van der Waals surface area contributed by atoms with Crippen LogP contribution in [0.5, 0.6) is 0 Å². The predicted molar refractivity (Wildman–Crippen MR) is 137 cm³/mol. The van der Waals surface area contributed by atoms with Crippen molar-refractivity contribution in [2.45, 2.75) is 58.3 Å². The van der Waals surface area contributed by atoms with Crippen molar-refractivity contribution in [1.82, 2.24) is 0 Å². The molecule has 0 aliphatic heterocycles. The Morgan fingerprint density at radius 3 is 2.10 bits per heavy atom. The van der Waals surface area contributed by atoms with Crippen molar-refractivity contribution < 1.29 is 24.8 Å². The van der Waals surface area contributed by atoms with Gasteiger partial charge in [-0.25, -0.2) is 0 Å². The van der Waals surface area contributed by atoms with Crippen LogP contribution in [0.1, 0.15) is 55.1 Å². The summed E-state index contributed by atoms with van der Waals surface area (Å²) in [4.78, 5) is 0. The zero-order valence-corrected chi connectivity index (χ0v) is 24.9. The van der Waals surface area contributed by atoms with Gasteiger partial charge < -0.3 is 0 Å². The van der Waals surface area contributed by atoms with Crippen LogP contribution in [0.15, 0.2) is 60.3 Å². The maximum atomic E-state index is 6.01. The molecule has 1 nitrogen and oxygen atoms in total. The summed E-state index contributed by atoms with van der Waals surface area (Å²) in [5.41, 5.74) is 10.3. The number of hydrogen-bond acceptors (Lipinski definition) is 1. The minimum absolute atomic E-state index is 0. The van der Waals surface area contributed by atoms with E-state index in [9.17, 15) is 0 Å². The van der Waals surface area contributed by atoms with E-state index in [0.29, 0.717) is 9.54 Å². The number of furan rings is 1. The molecule has 2 atom stereocenters. The normalized spacial score (nSPS) is 19.7. The van der Waals surface area contributed by atoms with Crippen LogP contribution in [0.4, 0.5) is 0 Å². The fourth-order valence-electron chi connectivity index (χ4n) is 5.24. The molecule has 2 aromatic rings. The maximum Gasteiger partial charge on any atom is -0.147 e. The van der Waals surface area contributed by atoms with E-state index in [0.717, 1.165) is 11.5 Å². The van der Waals surface area contributed by atoms with Crippen LogP contribution in [0.3, 0.4) is 0 Å². The summed E-state index contributed by atoms with van der Waals surface area (Å²) >= 11 is -1.91. The van der Waals surface area contributed by atoms with Crippen LogP contribution in [-0.4, -0.2) is 5.43 Å². The van der Waals surface area contributed by atoms with Crippen molar-refractivity contribution in [3.05, 3.63) is 72.8 Å². The standard InChI is InChI=1S/C15H13O.C9H13.C2H6Si.2ClH.Zr/c1-10-8-12-4-3-5-13(14(12)9-10)15-7-6-11(2)16-15;1-6-5-7(2)9(4)8(6)3;1-3-2;;;/h3-9H,1-2H3;6H,1-4H3;1-2H3;2*1H;. The topological polar surface area (TPSA) is 13.1 Å². The molecule has 0 N–H and O–H groups in total. The van der Waals surface area contributed by atoms with E-state index in [1.807, 2.05) is 10.2 Å². The molecule has 2 aliphatic rings. The fraction of sp³-hybridized carbons (Fsp3) is 0.385. The number of benzene rings is 1. The molecule has 1 heterocycles. The summed E-state index contributed by atoms with van der Waals surface area (Å²) < 4.78 is 8.59. The first kappa shape index (κ1) is 26.7. The molecule has 4 rings (SSSR count). The zero-order chi connectivity index (χ0) is 21.0. The van der Waals surface area contributed by atoms with Crippen molar-refractivity contribution in [2.24, 2.45) is 5.92 Å². The summed E-state index contributed by atoms with van der Waals surface area (Å²) in [7, 11) is 0. The molecule has 166 valence electrons. The fourth-order valence-corrected chi connectivity index (χ4v) is 25.8. The Labute approximate surface area is 208 Å². The molecular weight excluding hydrogens is 519 g/mol. The third kappa shape index (κ3) is 4.45. The van der Waals surface area contributed by atoms with E-state index in [1.54, 1.807) is 27.9 Å². The van der Waals surface area contributed by atoms with Crippen LogP contribution in [-0.2, 0) is 20.4 Å². The van der Waals surface area contributed by atoms with E-state index >= 15 is 0 Å². The van der Waals surface area contributed by atoms with Gasteiger partial charge in [0.25, 0.3) is 0 Å². The Bertz CT molecular complexity index is 1150. The van der Waals surface area contributed by atoms with Gasteiger partial charge in [0.05, 0.1) is 0 Å². The van der Waals surface area contributed by atoms with E-state index in [-0.39, 0.29) is 30.2 Å². The van der Waals surface area contributed by atoms with Crippen LogP contribution in [0.2, 0.25) is 13.1 Å². The van der Waals surface area contributed by atoms with Gasteiger partial charge in [-0.05, 0) is 0 Å². The van der Waals surface area contributed by atoms with Crippen LogP contribution in [0.25, 0.3) is 17.4 Å². The van der Waals surface area contributed by atoms with Crippen molar-refractivity contribution >= 4 is 36.3 Å². The monoisotopic (exact) mass is 550 g/mol. The second-order valence-corrected chi connectivity index (χ2v) is 26.4. The molecule has 0 bridgehead atoms. The minimum Gasteiger partial charge on any atom is -0.147 e. The molecule has 1 aromatic carbocycles. The average molecular weight is 553 g/mol. The summed E-state index contributed by atoms with van der Waals surface area (Å²) in [5.74, 6) is 2.64. The third-order valence-electron chi connectivity index (χ3n) is 7.04. The van der Waals surface area contributed by atoms with E-state index in [4.69, 9.17) is 4.42 Å². The number of halogens is 2. The Kier molecular flexibility index (Phi) is 8.70. The summed E-state index contributed by atoms with van der Waals surface area (Å²) in [6, 6.07) is 11.1. The van der Waals surface area contributed by atoms with Crippen molar-refractivity contribution in [1.29, 1.82) is 0 Å². The van der Waals surface area contributed by atoms with E-state index in [1.165, 1.54) is 11.1 Å². The molecule has 5 heteroatoms. The Balaban J connectivity index is 0.00000171. The summed E-state index contributed by atoms with van der Waals surface area (Å²) in [6.07, 6.45) is 2.47. The molecule has 0 spiro atoms. The Morgan fingerprint density at radius 1 is 0.903 bits per heavy atom. The quantitative estimate of drug-likeness (QED) is 0.347. The molecule has 0 saturated carbocycles. The van der Waals surface area contributed by atoms with Crippen LogP contribution in [0, 0.1) is 12.8 Å². The largest absolute Gasteiger partial charge is 0.147 e. The second-order valence-electron chi connectivity index (χ2n) is 9.02. The van der Waals surface area contributed by atoms with Gasteiger partial charge in [-0.1, -0.05) is 0 Å². The smallest absolute Gasteiger partial charge is 0.147 e. The van der Waals surface area contributed by atoms with E-state index < -0.39 is 20.4 Å². The van der Waals surface area contributed by atoms with Crippen molar-refractivity contribution in [3.63, 3.8) is 0 Å². The number of fused-ring (bicyclic) bond motifs is 1. The van der Waals surface area contributed by atoms with Crippen LogP contribution >= 0.6 is 24.8 Å². The Morgan fingerprint density at radius 2 is 1.58 bits per heavy atom.